The van der Waals surface area contributed by atoms with E-state index < -0.39 is 0 Å². The fraction of sp³-hybridized carbons (Fsp3) is 0.231. The largest absolute Gasteiger partial charge is 0.481 e. The van der Waals surface area contributed by atoms with Gasteiger partial charge in [0.25, 0.3) is 0 Å². The Balaban J connectivity index is 2.14. The first kappa shape index (κ1) is 12.2. The van der Waals surface area contributed by atoms with Crippen molar-refractivity contribution in [1.29, 1.82) is 0 Å². The van der Waals surface area contributed by atoms with Crippen molar-refractivity contribution in [2.24, 2.45) is 0 Å². The van der Waals surface area contributed by atoms with Gasteiger partial charge < -0.3 is 15.8 Å². The van der Waals surface area contributed by atoms with Gasteiger partial charge in [-0.2, -0.15) is 0 Å². The summed E-state index contributed by atoms with van der Waals surface area (Å²) in [6.45, 7) is 2.52. The number of pyridine rings is 2. The fourth-order valence-corrected chi connectivity index (χ4v) is 1.63. The minimum absolute atomic E-state index is 0.567. The van der Waals surface area contributed by atoms with E-state index in [0.717, 1.165) is 11.1 Å². The van der Waals surface area contributed by atoms with Crippen LogP contribution in [-0.2, 0) is 6.54 Å². The minimum Gasteiger partial charge on any atom is -0.481 e. The van der Waals surface area contributed by atoms with E-state index in [9.17, 15) is 0 Å². The van der Waals surface area contributed by atoms with Crippen molar-refractivity contribution >= 4 is 11.5 Å². The van der Waals surface area contributed by atoms with Crippen LogP contribution in [-0.4, -0.2) is 17.1 Å². The lowest BCUT2D eigenvalue weighted by Crippen LogP contribution is -2.07. The van der Waals surface area contributed by atoms with Crippen LogP contribution in [0, 0.1) is 6.92 Å². The number of hydrogen-bond acceptors (Lipinski definition) is 5. The molecule has 0 radical (unpaired) electrons. The Labute approximate surface area is 106 Å². The average Bonchev–Trinajstić information content (AvgIpc) is 2.41. The molecule has 2 rings (SSSR count). The Morgan fingerprint density at radius 2 is 2.11 bits per heavy atom. The van der Waals surface area contributed by atoms with Crippen LogP contribution in [0.15, 0.2) is 30.6 Å². The predicted octanol–water partition coefficient (Wildman–Crippen LogP) is 1.99. The highest BCUT2D eigenvalue weighted by molar-refractivity contribution is 5.65. The molecule has 0 aromatic carbocycles. The van der Waals surface area contributed by atoms with Crippen molar-refractivity contribution in [3.8, 4) is 5.88 Å². The molecule has 5 nitrogen and oxygen atoms in total. The van der Waals surface area contributed by atoms with Gasteiger partial charge >= 0.3 is 0 Å². The lowest BCUT2D eigenvalue weighted by atomic mass is 10.2. The Morgan fingerprint density at radius 3 is 2.89 bits per heavy atom. The zero-order chi connectivity index (χ0) is 13.0. The van der Waals surface area contributed by atoms with Gasteiger partial charge in [0, 0.05) is 24.5 Å². The summed E-state index contributed by atoms with van der Waals surface area (Å²) in [4.78, 5) is 8.35. The monoisotopic (exact) mass is 244 g/mol. The van der Waals surface area contributed by atoms with Crippen LogP contribution in [0.4, 0.5) is 11.5 Å². The number of nitrogen functional groups attached to an aromatic ring is 1. The summed E-state index contributed by atoms with van der Waals surface area (Å²) in [6, 6.07) is 5.70. The molecule has 0 aliphatic carbocycles. The zero-order valence-electron chi connectivity index (χ0n) is 10.5. The maximum atomic E-state index is 5.95. The van der Waals surface area contributed by atoms with Gasteiger partial charge in [-0.15, -0.1) is 0 Å². The molecule has 0 spiro atoms. The molecule has 3 N–H and O–H groups in total. The molecule has 0 fully saturated rings. The second-order valence-corrected chi connectivity index (χ2v) is 3.92. The normalized spacial score (nSPS) is 10.1. The van der Waals surface area contributed by atoms with Gasteiger partial charge in [-0.3, -0.25) is 0 Å². The molecule has 2 aromatic rings. The smallest absolute Gasteiger partial charge is 0.218 e. The molecule has 0 unspecified atom stereocenters. The number of nitrogens with one attached hydrogen (secondary N) is 1. The number of nitrogens with zero attached hydrogens (tertiary/aromatic N) is 2. The number of aryl methyl sites for hydroxylation is 1. The maximum absolute atomic E-state index is 5.95. The molecule has 2 heterocycles. The van der Waals surface area contributed by atoms with Crippen molar-refractivity contribution in [3.63, 3.8) is 0 Å². The van der Waals surface area contributed by atoms with Gasteiger partial charge in [0.1, 0.15) is 5.82 Å². The molecule has 0 saturated heterocycles. The van der Waals surface area contributed by atoms with Gasteiger partial charge in [-0.1, -0.05) is 6.07 Å². The van der Waals surface area contributed by atoms with Crippen molar-refractivity contribution in [2.45, 2.75) is 13.5 Å². The van der Waals surface area contributed by atoms with E-state index in [1.165, 1.54) is 0 Å². The molecule has 0 aliphatic heterocycles. The van der Waals surface area contributed by atoms with Crippen LogP contribution in [0.1, 0.15) is 11.1 Å². The Hall–Kier alpha value is -2.30. The van der Waals surface area contributed by atoms with E-state index in [1.807, 2.05) is 25.1 Å². The third-order valence-corrected chi connectivity index (χ3v) is 2.70. The number of nitrogens with two attached hydrogens (primary N) is 1. The Bertz CT molecular complexity index is 542. The second kappa shape index (κ2) is 5.35. The summed E-state index contributed by atoms with van der Waals surface area (Å²) in [5.41, 5.74) is 8.58. The number of rotatable bonds is 4. The number of hydrogen-bond donors (Lipinski definition) is 2. The molecule has 0 bridgehead atoms. The Kier molecular flexibility index (Phi) is 3.62. The number of methoxy groups -OCH3 is 1. The van der Waals surface area contributed by atoms with Crippen molar-refractivity contribution < 1.29 is 4.74 Å². The van der Waals surface area contributed by atoms with Crippen LogP contribution in [0.2, 0.25) is 0 Å². The van der Waals surface area contributed by atoms with E-state index in [1.54, 1.807) is 19.5 Å². The molecule has 5 heteroatoms. The third kappa shape index (κ3) is 2.51. The molecule has 18 heavy (non-hydrogen) atoms. The van der Waals surface area contributed by atoms with E-state index in [0.29, 0.717) is 23.9 Å². The van der Waals surface area contributed by atoms with Gasteiger partial charge in [-0.25, -0.2) is 9.97 Å². The first-order chi connectivity index (χ1) is 8.72. The van der Waals surface area contributed by atoms with Crippen molar-refractivity contribution in [3.05, 3.63) is 41.7 Å². The predicted molar refractivity (Wildman–Crippen MR) is 71.5 cm³/mol. The van der Waals surface area contributed by atoms with Gasteiger partial charge in [0.2, 0.25) is 5.88 Å². The summed E-state index contributed by atoms with van der Waals surface area (Å²) in [6.07, 6.45) is 3.43. The lowest BCUT2D eigenvalue weighted by molar-refractivity contribution is 0.393. The maximum Gasteiger partial charge on any atom is 0.218 e. The van der Waals surface area contributed by atoms with Crippen LogP contribution >= 0.6 is 0 Å². The molecular formula is C13H16N4O. The van der Waals surface area contributed by atoms with E-state index in [2.05, 4.69) is 15.3 Å². The highest BCUT2D eigenvalue weighted by atomic mass is 16.5. The van der Waals surface area contributed by atoms with E-state index in [4.69, 9.17) is 10.5 Å². The highest BCUT2D eigenvalue weighted by Crippen LogP contribution is 2.21. The van der Waals surface area contributed by atoms with Crippen molar-refractivity contribution in [2.75, 3.05) is 18.2 Å². The SMILES string of the molecule is COc1ncccc1CNc1nccc(C)c1N. The minimum atomic E-state index is 0.567. The highest BCUT2D eigenvalue weighted by Gasteiger charge is 2.06. The van der Waals surface area contributed by atoms with Crippen LogP contribution < -0.4 is 15.8 Å². The molecule has 2 aromatic heterocycles. The summed E-state index contributed by atoms with van der Waals surface area (Å²) >= 11 is 0. The fourth-order valence-electron chi connectivity index (χ4n) is 1.63. The second-order valence-electron chi connectivity index (χ2n) is 3.92. The van der Waals surface area contributed by atoms with Crippen LogP contribution in [0.25, 0.3) is 0 Å². The molecule has 0 saturated carbocycles. The van der Waals surface area contributed by atoms with Crippen LogP contribution in [0.5, 0.6) is 5.88 Å². The molecule has 0 aliphatic rings. The van der Waals surface area contributed by atoms with E-state index in [-0.39, 0.29) is 0 Å². The van der Waals surface area contributed by atoms with E-state index >= 15 is 0 Å². The summed E-state index contributed by atoms with van der Waals surface area (Å²) < 4.78 is 5.18. The number of ether oxygens (including phenoxy) is 1. The molecular weight excluding hydrogens is 228 g/mol. The quantitative estimate of drug-likeness (QED) is 0.860. The first-order valence-corrected chi connectivity index (χ1v) is 5.65. The van der Waals surface area contributed by atoms with Crippen LogP contribution in [0.3, 0.4) is 0 Å². The topological polar surface area (TPSA) is 73.1 Å². The number of aromatic nitrogens is 2. The number of anilines is 2. The standard InChI is InChI=1S/C13H16N4O/c1-9-5-7-15-12(11(9)14)17-8-10-4-3-6-16-13(10)18-2/h3-7H,8,14H2,1-2H3,(H,15,17). The lowest BCUT2D eigenvalue weighted by Gasteiger charge is -2.11. The molecule has 94 valence electrons. The molecule has 0 amide bonds. The Morgan fingerprint density at radius 1 is 1.28 bits per heavy atom. The van der Waals surface area contributed by atoms with Gasteiger partial charge in [0.05, 0.1) is 12.8 Å². The third-order valence-electron chi connectivity index (χ3n) is 2.70. The first-order valence-electron chi connectivity index (χ1n) is 5.65. The average molecular weight is 244 g/mol. The zero-order valence-corrected chi connectivity index (χ0v) is 10.5. The summed E-state index contributed by atoms with van der Waals surface area (Å²) in [5, 5.41) is 3.19. The van der Waals surface area contributed by atoms with Crippen molar-refractivity contribution in [1.82, 2.24) is 9.97 Å². The van der Waals surface area contributed by atoms with Gasteiger partial charge in [-0.05, 0) is 24.6 Å². The molecule has 0 atom stereocenters. The summed E-state index contributed by atoms with van der Waals surface area (Å²) in [5.74, 6) is 1.29. The van der Waals surface area contributed by atoms with Gasteiger partial charge in [0.15, 0.2) is 0 Å². The summed E-state index contributed by atoms with van der Waals surface area (Å²) in [7, 11) is 1.60.